The summed E-state index contributed by atoms with van der Waals surface area (Å²) in [6, 6.07) is 53.0. The van der Waals surface area contributed by atoms with Crippen molar-refractivity contribution < 1.29 is 45.7 Å². The van der Waals surface area contributed by atoms with Gasteiger partial charge in [0, 0.05) is 0 Å². The third kappa shape index (κ3) is 5.12. The molecule has 6 aromatic rings. The molecule has 0 saturated heterocycles. The molecule has 0 nitrogen and oxygen atoms in total. The molecule has 0 N–H and O–H groups in total. The van der Waals surface area contributed by atoms with E-state index in [9.17, 15) is 0 Å². The Morgan fingerprint density at radius 2 is 1.19 bits per heavy atom. The van der Waals surface area contributed by atoms with E-state index < -0.39 is 26.8 Å². The minimum atomic E-state index is -2.08. The largest absolute Gasteiger partial charge is 1.00 e. The van der Waals surface area contributed by atoms with Gasteiger partial charge in [-0.05, 0) is 0 Å². The van der Waals surface area contributed by atoms with Crippen LogP contribution in [0.3, 0.4) is 0 Å². The van der Waals surface area contributed by atoms with Crippen molar-refractivity contribution in [3.63, 3.8) is 0 Å². The van der Waals surface area contributed by atoms with Gasteiger partial charge in [-0.2, -0.15) is 0 Å². The Kier molecular flexibility index (Phi) is 9.16. The van der Waals surface area contributed by atoms with Gasteiger partial charge in [0.1, 0.15) is 0 Å². The average Bonchev–Trinajstić information content (AvgIpc) is 3.62. The van der Waals surface area contributed by atoms with E-state index in [4.69, 9.17) is 0 Å². The van der Waals surface area contributed by atoms with Gasteiger partial charge in [-0.25, -0.2) is 0 Å². The number of allylic oxidation sites excluding steroid dienone is 1. The molecule has 0 bridgehead atoms. The first-order valence-corrected chi connectivity index (χ1v) is 25.1. The van der Waals surface area contributed by atoms with Crippen LogP contribution in [0.2, 0.25) is 0 Å². The summed E-state index contributed by atoms with van der Waals surface area (Å²) in [4.78, 5) is 0. The zero-order chi connectivity index (χ0) is 29.9. The quantitative estimate of drug-likeness (QED) is 0.221. The van der Waals surface area contributed by atoms with Gasteiger partial charge in [0.05, 0.1) is 0 Å². The Morgan fingerprint density at radius 1 is 0.574 bits per heavy atom. The summed E-state index contributed by atoms with van der Waals surface area (Å²) in [7, 11) is 0. The molecule has 0 saturated carbocycles. The molecule has 0 aromatic heterocycles. The first-order valence-electron chi connectivity index (χ1n) is 16.5. The Balaban J connectivity index is 0.00000176. The maximum Gasteiger partial charge on any atom is -1.00 e. The first kappa shape index (κ1) is 32.3. The fraction of sp³-hybridized carbons (Fsp3) is 0.116. The molecule has 4 heteroatoms. The number of hydrogen-bond acceptors (Lipinski definition) is 0. The van der Waals surface area contributed by atoms with E-state index in [1.807, 2.05) is 8.46 Å². The van der Waals surface area contributed by atoms with Gasteiger partial charge in [0.15, 0.2) is 0 Å². The smallest absolute Gasteiger partial charge is 1.00 e. The Bertz CT molecular complexity index is 2120. The van der Waals surface area contributed by atoms with Crippen molar-refractivity contribution in [3.8, 4) is 44.5 Å². The van der Waals surface area contributed by atoms with Crippen LogP contribution in [0.15, 0.2) is 145 Å². The zero-order valence-corrected chi connectivity index (χ0v) is 31.5. The van der Waals surface area contributed by atoms with Gasteiger partial charge in [-0.15, -0.1) is 0 Å². The van der Waals surface area contributed by atoms with Crippen LogP contribution in [-0.4, -0.2) is 5.92 Å². The molecule has 0 radical (unpaired) electrons. The maximum absolute atomic E-state index is 2.68. The fourth-order valence-corrected chi connectivity index (χ4v) is 34.6. The topological polar surface area (TPSA) is 0 Å². The molecule has 0 spiro atoms. The number of hydrogen-bond donors (Lipinski definition) is 0. The fourth-order valence-electron chi connectivity index (χ4n) is 8.43. The van der Waals surface area contributed by atoms with Gasteiger partial charge in [0.25, 0.3) is 0 Å². The second-order valence-electron chi connectivity index (χ2n) is 12.8. The van der Waals surface area contributed by atoms with Crippen LogP contribution >= 0.6 is 0 Å². The summed E-state index contributed by atoms with van der Waals surface area (Å²) >= 11 is -2.08. The van der Waals surface area contributed by atoms with Gasteiger partial charge in [0.2, 0.25) is 0 Å². The van der Waals surface area contributed by atoms with E-state index in [2.05, 4.69) is 153 Å². The molecule has 6 aromatic carbocycles. The van der Waals surface area contributed by atoms with E-state index in [1.54, 1.807) is 27.5 Å². The second-order valence-corrected chi connectivity index (χ2v) is 27.8. The molecule has 2 atom stereocenters. The molecule has 47 heavy (non-hydrogen) atoms. The molecule has 0 fully saturated rings. The summed E-state index contributed by atoms with van der Waals surface area (Å²) < 4.78 is 2.47. The summed E-state index contributed by atoms with van der Waals surface area (Å²) in [5.74, 6) is -1.15. The number of rotatable bonds is 7. The normalized spacial score (nSPS) is 16.2. The standard InChI is InChI=1S/C31H27.C12H8Si.2ClH.Zr/c1-2-3-12-23-21-26-19-20-28(25-15-8-5-9-16-25)31(30(26)22-23)29-18-11-10-17-27(29)24-13-6-4-7-14-24;1-3-7-11-9(5-1)10-6-2-4-8-12(10)13-11;;;/h4-11,13-22H,2-3,12H2,1H3;1-7,13H;2*1H;/q;;;;+2/p-2. The predicted octanol–water partition coefficient (Wildman–Crippen LogP) is 3.10. The van der Waals surface area contributed by atoms with Crippen LogP contribution in [0.1, 0.15) is 40.9 Å². The molecule has 1 aliphatic carbocycles. The minimum Gasteiger partial charge on any atom is -1.00 e. The van der Waals surface area contributed by atoms with Crippen LogP contribution in [0, 0.1) is 0 Å². The number of benzene rings is 6. The van der Waals surface area contributed by atoms with Crippen molar-refractivity contribution in [1.29, 1.82) is 0 Å². The number of unbranched alkanes of at least 4 members (excludes halogenated alkanes) is 1. The van der Waals surface area contributed by atoms with Crippen LogP contribution in [-0.2, 0) is 20.9 Å². The Labute approximate surface area is 299 Å². The molecule has 9 rings (SSSR count). The minimum absolute atomic E-state index is 0. The SMILES string of the molecule is CCCCC1=Cc2c(ccc(-c3ccccc3)c2-c2ccccc2-c2ccccc2)[CH]1[Zr+2]1[c]2cccc3c2[SiH]1c1ccccc1-3.[Cl-].[Cl-]. The van der Waals surface area contributed by atoms with Crippen molar-refractivity contribution in [2.24, 2.45) is 0 Å². The maximum atomic E-state index is 2.68. The third-order valence-electron chi connectivity index (χ3n) is 10.4. The third-order valence-corrected chi connectivity index (χ3v) is 32.6. The van der Waals surface area contributed by atoms with E-state index in [-0.39, 0.29) is 24.8 Å². The first-order chi connectivity index (χ1) is 22.3. The molecular weight excluding hydrogens is 707 g/mol. The van der Waals surface area contributed by atoms with E-state index in [1.165, 1.54) is 58.2 Å². The summed E-state index contributed by atoms with van der Waals surface area (Å²) in [5.41, 5.74) is 16.0. The van der Waals surface area contributed by atoms with Crippen molar-refractivity contribution in [2.75, 3.05) is 0 Å². The van der Waals surface area contributed by atoms with Crippen molar-refractivity contribution in [1.82, 2.24) is 0 Å². The summed E-state index contributed by atoms with van der Waals surface area (Å²) in [5, 5.41) is 3.56. The monoisotopic (exact) mass is 739 g/mol. The summed E-state index contributed by atoms with van der Waals surface area (Å²) in [6.45, 7) is 2.35. The molecule has 2 aliphatic heterocycles. The Morgan fingerprint density at radius 3 is 1.91 bits per heavy atom. The van der Waals surface area contributed by atoms with E-state index in [0.29, 0.717) is 3.63 Å². The molecule has 229 valence electrons. The van der Waals surface area contributed by atoms with Crippen molar-refractivity contribution in [3.05, 3.63) is 156 Å². The molecule has 2 heterocycles. The molecule has 2 unspecified atom stereocenters. The molecular formula is C43H35Cl2SiZr. The number of halogens is 2. The number of fused-ring (bicyclic) bond motifs is 4. The average molecular weight is 742 g/mol. The van der Waals surface area contributed by atoms with Crippen molar-refractivity contribution >= 4 is 25.6 Å². The summed E-state index contributed by atoms with van der Waals surface area (Å²) in [6.07, 6.45) is 6.41. The van der Waals surface area contributed by atoms with Gasteiger partial charge in [-0.1, -0.05) is 0 Å². The molecule has 3 aliphatic rings. The predicted molar refractivity (Wildman–Crippen MR) is 191 cm³/mol. The van der Waals surface area contributed by atoms with E-state index >= 15 is 0 Å². The van der Waals surface area contributed by atoms with Crippen molar-refractivity contribution in [2.45, 2.75) is 29.8 Å². The second kappa shape index (κ2) is 13.3. The van der Waals surface area contributed by atoms with Gasteiger partial charge < -0.3 is 24.8 Å². The van der Waals surface area contributed by atoms with E-state index in [0.717, 1.165) is 0 Å². The molecule has 0 amide bonds. The van der Waals surface area contributed by atoms with Crippen LogP contribution in [0.5, 0.6) is 0 Å². The Hall–Kier alpha value is -3.26. The van der Waals surface area contributed by atoms with Gasteiger partial charge in [-0.3, -0.25) is 0 Å². The van der Waals surface area contributed by atoms with Crippen LogP contribution in [0.25, 0.3) is 50.6 Å². The zero-order valence-electron chi connectivity index (χ0n) is 26.4. The van der Waals surface area contributed by atoms with Crippen LogP contribution in [0.4, 0.5) is 0 Å². The van der Waals surface area contributed by atoms with Crippen LogP contribution < -0.4 is 38.5 Å². The van der Waals surface area contributed by atoms with Gasteiger partial charge >= 0.3 is 277 Å².